The first-order valence-corrected chi connectivity index (χ1v) is 23.1. The summed E-state index contributed by atoms with van der Waals surface area (Å²) in [5, 5.41) is 18.6. The number of carbonyl (C=O) groups excluding carboxylic acids is 4. The maximum Gasteiger partial charge on any atom is 0.324 e. The van der Waals surface area contributed by atoms with Crippen molar-refractivity contribution < 1.29 is 33.8 Å². The van der Waals surface area contributed by atoms with Gasteiger partial charge in [0.1, 0.15) is 18.1 Å². The second-order valence-corrected chi connectivity index (χ2v) is 20.1. The van der Waals surface area contributed by atoms with Crippen LogP contribution in [0.5, 0.6) is 0 Å². The third-order valence-corrected chi connectivity index (χ3v) is 13.8. The minimum atomic E-state index is -1.07. The second-order valence-electron chi connectivity index (χ2n) is 19.1. The number of esters is 1. The Labute approximate surface area is 374 Å². The van der Waals surface area contributed by atoms with Crippen LogP contribution >= 0.6 is 11.3 Å². The Kier molecular flexibility index (Phi) is 13.4. The van der Waals surface area contributed by atoms with E-state index in [0.717, 1.165) is 44.7 Å². The molecule has 1 unspecified atom stereocenters. The molecule has 2 fully saturated rings. The van der Waals surface area contributed by atoms with Crippen LogP contribution < -0.4 is 10.7 Å². The molecule has 3 aliphatic rings. The zero-order valence-electron chi connectivity index (χ0n) is 38.4. The van der Waals surface area contributed by atoms with E-state index in [4.69, 9.17) is 19.4 Å². The van der Waals surface area contributed by atoms with Gasteiger partial charge in [0.15, 0.2) is 0 Å². The van der Waals surface area contributed by atoms with Crippen LogP contribution in [0.3, 0.4) is 0 Å². The number of hydrogen-bond acceptors (Lipinski definition) is 11. The van der Waals surface area contributed by atoms with E-state index in [-0.39, 0.29) is 37.0 Å². The van der Waals surface area contributed by atoms with Gasteiger partial charge in [-0.1, -0.05) is 33.8 Å². The minimum absolute atomic E-state index is 0.0669. The number of aliphatic hydroxyl groups is 1. The lowest BCUT2D eigenvalue weighted by atomic mass is 9.84. The van der Waals surface area contributed by atoms with E-state index >= 15 is 0 Å². The molecule has 3 aromatic heterocycles. The normalized spacial score (nSPS) is 20.8. The number of methoxy groups -OCH3 is 1. The third kappa shape index (κ3) is 9.50. The summed E-state index contributed by atoms with van der Waals surface area (Å²) in [6.45, 7) is 17.4. The van der Waals surface area contributed by atoms with Crippen molar-refractivity contribution in [2.75, 3.05) is 40.4 Å². The molecule has 4 atom stereocenters. The number of thiazole rings is 1. The van der Waals surface area contributed by atoms with Gasteiger partial charge in [-0.25, -0.2) is 15.2 Å². The number of fused-ring (bicyclic) bond motifs is 6. The summed E-state index contributed by atoms with van der Waals surface area (Å²) in [4.78, 5) is 69.3. The molecule has 3 N–H and O–H groups in total. The molecule has 1 aromatic carbocycles. The summed E-state index contributed by atoms with van der Waals surface area (Å²) in [7, 11) is 3.28. The SMILES string of the molecule is CCn1c(-c2cccnc2[C@H](C)OC)c2c3cc(ccc31)-c1csc(n1)C[C@H](NC(=O)C(C(C)C)N(C)C(=O)N1CC(C(C)(C)O)C1)C(=O)N1CCC[C@H](N1)C(=O)OCC(C)(C)C2. The molecular formula is C47H64N8O7S. The summed E-state index contributed by atoms with van der Waals surface area (Å²) in [6.07, 6.45) is 3.23. The number of nitrogens with zero attached hydrogens (tertiary/aromatic N) is 6. The van der Waals surface area contributed by atoms with Gasteiger partial charge in [0.05, 0.1) is 40.4 Å². The number of likely N-dealkylation sites (tertiary alicyclic amines) is 1. The van der Waals surface area contributed by atoms with Gasteiger partial charge in [0, 0.05) is 91.7 Å². The Morgan fingerprint density at radius 2 is 1.92 bits per heavy atom. The quantitative estimate of drug-likeness (QED) is 0.170. The number of pyridine rings is 1. The Morgan fingerprint density at radius 3 is 2.60 bits per heavy atom. The Morgan fingerprint density at radius 1 is 1.17 bits per heavy atom. The van der Waals surface area contributed by atoms with Crippen LogP contribution in [0.15, 0.2) is 41.9 Å². The summed E-state index contributed by atoms with van der Waals surface area (Å²) in [6, 6.07) is 7.36. The lowest BCUT2D eigenvalue weighted by molar-refractivity contribution is -0.155. The van der Waals surface area contributed by atoms with Crippen molar-refractivity contribution in [3.63, 3.8) is 0 Å². The number of ether oxygens (including phenoxy) is 2. The highest BCUT2D eigenvalue weighted by molar-refractivity contribution is 7.10. The number of carbonyl (C=O) groups is 4. The molecule has 7 rings (SSSR count). The molecule has 0 saturated carbocycles. The van der Waals surface area contributed by atoms with Gasteiger partial charge in [-0.2, -0.15) is 0 Å². The molecular weight excluding hydrogens is 821 g/mol. The Bertz CT molecular complexity index is 2340. The van der Waals surface area contributed by atoms with Gasteiger partial charge >= 0.3 is 12.0 Å². The molecule has 0 radical (unpaired) electrons. The van der Waals surface area contributed by atoms with Gasteiger partial charge in [-0.3, -0.25) is 24.4 Å². The molecule has 2 saturated heterocycles. The fraction of sp³-hybridized carbons (Fsp3) is 0.574. The number of cyclic esters (lactones) is 1. The van der Waals surface area contributed by atoms with Crippen LogP contribution in [0.1, 0.15) is 90.6 Å². The average Bonchev–Trinajstić information content (AvgIpc) is 3.82. The minimum Gasteiger partial charge on any atom is -0.464 e. The standard InChI is InChI=1S/C47H64N8O7S/c1-11-54-37-17-16-29-20-32(37)33(41(54)31-14-12-18-48-39(31)28(4)61-10)22-46(5,6)26-62-44(58)34-15-13-19-55(51-34)43(57)35(21-38-49-36(29)25-63-38)50-42(56)40(27(2)3)52(9)45(59)53-23-30(24-53)47(7,8)60/h12,14,16-18,20,25,27-28,30,34-35,40,51,60H,11,13,15,19,21-24,26H2,1-10H3,(H,50,56)/t28-,34-,35-,40?/m0/s1. The van der Waals surface area contributed by atoms with E-state index in [1.54, 1.807) is 39.1 Å². The second kappa shape index (κ2) is 18.3. The molecule has 16 heteroatoms. The largest absolute Gasteiger partial charge is 0.464 e. The highest BCUT2D eigenvalue weighted by atomic mass is 32.1. The molecule has 0 aliphatic carbocycles. The van der Waals surface area contributed by atoms with E-state index in [1.165, 1.54) is 21.2 Å². The molecule has 4 amide bonds. The van der Waals surface area contributed by atoms with Crippen molar-refractivity contribution in [1.82, 2.24) is 40.1 Å². The lowest BCUT2D eigenvalue weighted by Crippen LogP contribution is -2.64. The number of rotatable bonds is 9. The van der Waals surface area contributed by atoms with Crippen molar-refractivity contribution in [2.45, 2.75) is 117 Å². The van der Waals surface area contributed by atoms with Gasteiger partial charge in [-0.15, -0.1) is 11.3 Å². The Hall–Kier alpha value is -4.90. The number of hydrogen-bond donors (Lipinski definition) is 3. The van der Waals surface area contributed by atoms with Crippen LogP contribution in [0, 0.1) is 17.3 Å². The van der Waals surface area contributed by atoms with E-state index < -0.39 is 46.9 Å². The number of nitrogens with one attached hydrogen (secondary N) is 2. The van der Waals surface area contributed by atoms with Crippen LogP contribution in [-0.4, -0.2) is 122 Å². The monoisotopic (exact) mass is 884 g/mol. The van der Waals surface area contributed by atoms with Crippen molar-refractivity contribution in [3.8, 4) is 22.5 Å². The molecule has 4 aromatic rings. The van der Waals surface area contributed by atoms with Gasteiger partial charge in [0.2, 0.25) is 5.91 Å². The molecule has 15 nitrogen and oxygen atoms in total. The van der Waals surface area contributed by atoms with E-state index in [1.807, 2.05) is 32.2 Å². The van der Waals surface area contributed by atoms with Crippen LogP contribution in [-0.2, 0) is 43.2 Å². The molecule has 6 bridgehead atoms. The highest BCUT2D eigenvalue weighted by Gasteiger charge is 2.44. The van der Waals surface area contributed by atoms with Gasteiger partial charge in [-0.05, 0) is 82.7 Å². The predicted molar refractivity (Wildman–Crippen MR) is 242 cm³/mol. The van der Waals surface area contributed by atoms with Gasteiger partial charge < -0.3 is 34.3 Å². The first kappa shape index (κ1) is 46.1. The Balaban J connectivity index is 1.27. The van der Waals surface area contributed by atoms with Crippen LogP contribution in [0.2, 0.25) is 0 Å². The summed E-state index contributed by atoms with van der Waals surface area (Å²) in [5.74, 6) is -1.70. The van der Waals surface area contributed by atoms with Crippen molar-refractivity contribution >= 4 is 46.1 Å². The summed E-state index contributed by atoms with van der Waals surface area (Å²) >= 11 is 1.41. The number of aromatic nitrogens is 3. The molecule has 6 heterocycles. The van der Waals surface area contributed by atoms with Gasteiger partial charge in [0.25, 0.3) is 5.91 Å². The number of benzene rings is 1. The average molecular weight is 885 g/mol. The fourth-order valence-corrected chi connectivity index (χ4v) is 10.0. The zero-order chi connectivity index (χ0) is 45.5. The van der Waals surface area contributed by atoms with Crippen molar-refractivity contribution in [1.29, 1.82) is 0 Å². The maximum absolute atomic E-state index is 14.6. The molecule has 3 aliphatic heterocycles. The number of amides is 4. The first-order valence-electron chi connectivity index (χ1n) is 22.2. The molecule has 63 heavy (non-hydrogen) atoms. The van der Waals surface area contributed by atoms with Crippen LogP contribution in [0.25, 0.3) is 33.4 Å². The number of hydrazine groups is 1. The maximum atomic E-state index is 14.6. The summed E-state index contributed by atoms with van der Waals surface area (Å²) in [5.41, 5.74) is 8.37. The third-order valence-electron chi connectivity index (χ3n) is 12.9. The zero-order valence-corrected chi connectivity index (χ0v) is 39.2. The molecule has 340 valence electrons. The topological polar surface area (TPSA) is 171 Å². The van der Waals surface area contributed by atoms with E-state index in [0.29, 0.717) is 50.4 Å². The lowest BCUT2D eigenvalue weighted by Gasteiger charge is -2.47. The predicted octanol–water partition coefficient (Wildman–Crippen LogP) is 5.98. The van der Waals surface area contributed by atoms with Crippen LogP contribution in [0.4, 0.5) is 4.79 Å². The van der Waals surface area contributed by atoms with Crippen molar-refractivity contribution in [3.05, 3.63) is 58.2 Å². The smallest absolute Gasteiger partial charge is 0.324 e. The van der Waals surface area contributed by atoms with Crippen molar-refractivity contribution in [2.24, 2.45) is 17.3 Å². The first-order chi connectivity index (χ1) is 29.8. The summed E-state index contributed by atoms with van der Waals surface area (Å²) < 4.78 is 14.2. The van der Waals surface area contributed by atoms with E-state index in [9.17, 15) is 24.3 Å². The molecule has 0 spiro atoms. The highest BCUT2D eigenvalue weighted by Crippen LogP contribution is 2.42. The fourth-order valence-electron chi connectivity index (χ4n) is 9.17. The number of likely N-dealkylation sites (N-methyl/N-ethyl adjacent to an activating group) is 1. The number of aryl methyl sites for hydroxylation is 1. The van der Waals surface area contributed by atoms with E-state index in [2.05, 4.69) is 60.3 Å². The number of urea groups is 1.